The molecule has 1 fully saturated rings. The van der Waals surface area contributed by atoms with Crippen molar-refractivity contribution in [2.75, 3.05) is 0 Å². The molecule has 0 aromatic heterocycles. The highest BCUT2D eigenvalue weighted by Crippen LogP contribution is 2.43. The number of carbonyl (C=O) groups is 2. The van der Waals surface area contributed by atoms with Gasteiger partial charge in [0.05, 0.1) is 17.5 Å². The number of thioether (sulfide) groups is 1. The molecule has 2 aliphatic heterocycles. The molecule has 0 aromatic rings. The van der Waals surface area contributed by atoms with Crippen LogP contribution in [0.25, 0.3) is 0 Å². The van der Waals surface area contributed by atoms with Gasteiger partial charge >= 0.3 is 5.97 Å². The van der Waals surface area contributed by atoms with Gasteiger partial charge in [-0.05, 0) is 78.2 Å². The molecule has 6 nitrogen and oxygen atoms in total. The number of hydrogen-bond acceptors (Lipinski definition) is 5. The summed E-state index contributed by atoms with van der Waals surface area (Å²) in [6.45, 7) is 14.7. The first-order valence-corrected chi connectivity index (χ1v) is 16.8. The summed E-state index contributed by atoms with van der Waals surface area (Å²) < 4.78 is 6.58. The standard InChI is InChI=1S/C34H52N2O4S/c1-8-12-13-23(9-2)32(37)36(30-22-29(18-19-34(5,6)7)41-31(30)33(38)39)26-14-16-27(17-15-26)40-28-20-24(10-3)35-25(11-4)21-28/h20,23,26-29H,8-17,21-22H2,1-7H3,(H,38,39). The molecule has 0 saturated heterocycles. The second-order valence-corrected chi connectivity index (χ2v) is 13.9. The average Bonchev–Trinajstić information content (AvgIpc) is 3.37. The number of carbonyl (C=O) groups excluding carboxylic acids is 1. The number of nitrogens with zero attached hydrogens (tertiary/aromatic N) is 2. The van der Waals surface area contributed by atoms with E-state index in [2.05, 4.69) is 66.4 Å². The Labute approximate surface area is 252 Å². The Morgan fingerprint density at radius 1 is 1.12 bits per heavy atom. The molecule has 0 aromatic carbocycles. The van der Waals surface area contributed by atoms with Gasteiger partial charge in [-0.15, -0.1) is 0 Å². The fourth-order valence-corrected chi connectivity index (χ4v) is 7.01. The highest BCUT2D eigenvalue weighted by molar-refractivity contribution is 8.05. The summed E-state index contributed by atoms with van der Waals surface area (Å²) in [5.74, 6) is 5.65. The molecular weight excluding hydrogens is 532 g/mol. The van der Waals surface area contributed by atoms with E-state index in [1.807, 2.05) is 4.90 Å². The first kappa shape index (κ1) is 33.5. The van der Waals surface area contributed by atoms with Crippen molar-refractivity contribution >= 4 is 29.4 Å². The molecule has 3 atom stereocenters. The zero-order chi connectivity index (χ0) is 30.2. The summed E-state index contributed by atoms with van der Waals surface area (Å²) in [4.78, 5) is 33.6. The molecule has 3 rings (SSSR count). The van der Waals surface area contributed by atoms with Gasteiger partial charge in [-0.25, -0.2) is 4.79 Å². The molecular formula is C34H52N2O4S. The number of amides is 1. The van der Waals surface area contributed by atoms with Crippen LogP contribution in [0.15, 0.2) is 27.4 Å². The minimum Gasteiger partial charge on any atom is -0.477 e. The number of aliphatic carboxylic acids is 1. The summed E-state index contributed by atoms with van der Waals surface area (Å²) >= 11 is 1.31. The van der Waals surface area contributed by atoms with E-state index in [9.17, 15) is 14.7 Å². The normalized spacial score (nSPS) is 25.6. The topological polar surface area (TPSA) is 79.2 Å². The number of allylic oxidation sites excluding steroid dienone is 2. The van der Waals surface area contributed by atoms with E-state index in [1.54, 1.807) is 0 Å². The van der Waals surface area contributed by atoms with Gasteiger partial charge in [0, 0.05) is 47.3 Å². The third-order valence-corrected chi connectivity index (χ3v) is 9.46. The van der Waals surface area contributed by atoms with Crippen LogP contribution in [0.1, 0.15) is 126 Å². The number of carboxylic acids is 1. The van der Waals surface area contributed by atoms with Crippen molar-refractivity contribution in [3.8, 4) is 11.8 Å². The van der Waals surface area contributed by atoms with E-state index in [0.717, 1.165) is 76.3 Å². The Kier molecular flexibility index (Phi) is 12.6. The van der Waals surface area contributed by atoms with Crippen LogP contribution >= 0.6 is 11.8 Å². The van der Waals surface area contributed by atoms with Gasteiger partial charge in [-0.3, -0.25) is 9.79 Å². The summed E-state index contributed by atoms with van der Waals surface area (Å²) in [6, 6.07) is -0.0156. The molecule has 41 heavy (non-hydrogen) atoms. The highest BCUT2D eigenvalue weighted by atomic mass is 32.2. The maximum atomic E-state index is 14.2. The molecule has 3 unspecified atom stereocenters. The van der Waals surface area contributed by atoms with E-state index in [-0.39, 0.29) is 40.7 Å². The summed E-state index contributed by atoms with van der Waals surface area (Å²) in [6.07, 6.45) is 12.6. The Morgan fingerprint density at radius 3 is 2.39 bits per heavy atom. The second-order valence-electron chi connectivity index (χ2n) is 12.7. The lowest BCUT2D eigenvalue weighted by Gasteiger charge is -2.40. The fraction of sp³-hybridized carbons (Fsp3) is 0.735. The van der Waals surface area contributed by atoms with Crippen LogP contribution in [0.5, 0.6) is 0 Å². The van der Waals surface area contributed by atoms with Crippen LogP contribution in [0.3, 0.4) is 0 Å². The van der Waals surface area contributed by atoms with Crippen molar-refractivity contribution in [3.63, 3.8) is 0 Å². The highest BCUT2D eigenvalue weighted by Gasteiger charge is 2.40. The van der Waals surface area contributed by atoms with Crippen molar-refractivity contribution in [3.05, 3.63) is 22.4 Å². The Hall–Kier alpha value is -2.04. The SMILES string of the molecule is CCCCC(CC)C(=O)N(C1=C(C(=O)O)SC(C#CC(C)(C)C)C1)C1CCC(OC2C=C(CC)N=C(CC)C2)CC1. The second kappa shape index (κ2) is 15.4. The van der Waals surface area contributed by atoms with Gasteiger partial charge in [0.15, 0.2) is 0 Å². The average molecular weight is 585 g/mol. The molecule has 0 spiro atoms. The molecule has 2 heterocycles. The number of carboxylic acid groups (broad SMARTS) is 1. The molecule has 1 aliphatic carbocycles. The minimum atomic E-state index is -0.953. The lowest BCUT2D eigenvalue weighted by molar-refractivity contribution is -0.137. The largest absolute Gasteiger partial charge is 0.477 e. The van der Waals surface area contributed by atoms with Crippen LogP contribution < -0.4 is 0 Å². The van der Waals surface area contributed by atoms with Gasteiger partial charge in [-0.2, -0.15) is 0 Å². The van der Waals surface area contributed by atoms with Crippen LogP contribution in [-0.2, 0) is 14.3 Å². The molecule has 3 aliphatic rings. The van der Waals surface area contributed by atoms with Gasteiger partial charge < -0.3 is 14.7 Å². The fourth-order valence-electron chi connectivity index (χ4n) is 5.95. The smallest absolute Gasteiger partial charge is 0.344 e. The van der Waals surface area contributed by atoms with Gasteiger partial charge in [-0.1, -0.05) is 64.1 Å². The molecule has 1 N–H and O–H groups in total. The Morgan fingerprint density at radius 2 is 1.83 bits per heavy atom. The third-order valence-electron chi connectivity index (χ3n) is 8.24. The monoisotopic (exact) mass is 584 g/mol. The number of aliphatic imine (C=N–C) groups is 1. The van der Waals surface area contributed by atoms with E-state index >= 15 is 0 Å². The molecule has 1 amide bonds. The predicted molar refractivity (Wildman–Crippen MR) is 170 cm³/mol. The molecule has 7 heteroatoms. The van der Waals surface area contributed by atoms with Crippen molar-refractivity contribution < 1.29 is 19.4 Å². The van der Waals surface area contributed by atoms with Crippen molar-refractivity contribution in [1.82, 2.24) is 4.90 Å². The molecule has 0 radical (unpaired) electrons. The van der Waals surface area contributed by atoms with E-state index in [4.69, 9.17) is 9.73 Å². The summed E-state index contributed by atoms with van der Waals surface area (Å²) in [5.41, 5.74) is 2.82. The zero-order valence-electron chi connectivity index (χ0n) is 26.4. The van der Waals surface area contributed by atoms with Gasteiger partial charge in [0.1, 0.15) is 4.91 Å². The van der Waals surface area contributed by atoms with E-state index < -0.39 is 5.97 Å². The van der Waals surface area contributed by atoms with Crippen LogP contribution in [0, 0.1) is 23.2 Å². The maximum absolute atomic E-state index is 14.2. The summed E-state index contributed by atoms with van der Waals surface area (Å²) in [5, 5.41) is 10.1. The summed E-state index contributed by atoms with van der Waals surface area (Å²) in [7, 11) is 0. The number of unbranched alkanes of at least 4 members (excludes halogenated alkanes) is 1. The van der Waals surface area contributed by atoms with Crippen LogP contribution in [-0.4, -0.2) is 51.1 Å². The molecule has 0 bridgehead atoms. The van der Waals surface area contributed by atoms with E-state index in [1.165, 1.54) is 17.5 Å². The Bertz CT molecular complexity index is 1080. The van der Waals surface area contributed by atoms with Gasteiger partial charge in [0.2, 0.25) is 5.91 Å². The Balaban J connectivity index is 1.82. The van der Waals surface area contributed by atoms with Crippen molar-refractivity contribution in [2.24, 2.45) is 16.3 Å². The third kappa shape index (κ3) is 9.48. The predicted octanol–water partition coefficient (Wildman–Crippen LogP) is 8.13. The van der Waals surface area contributed by atoms with Crippen molar-refractivity contribution in [1.29, 1.82) is 0 Å². The number of rotatable bonds is 12. The van der Waals surface area contributed by atoms with Crippen LogP contribution in [0.2, 0.25) is 0 Å². The maximum Gasteiger partial charge on any atom is 0.344 e. The zero-order valence-corrected chi connectivity index (χ0v) is 27.2. The van der Waals surface area contributed by atoms with E-state index in [0.29, 0.717) is 17.0 Å². The van der Waals surface area contributed by atoms with Crippen LogP contribution in [0.4, 0.5) is 0 Å². The van der Waals surface area contributed by atoms with Gasteiger partial charge in [0.25, 0.3) is 0 Å². The number of hydrogen-bond donors (Lipinski definition) is 1. The quantitative estimate of drug-likeness (QED) is 0.234. The molecule has 1 saturated carbocycles. The lowest BCUT2D eigenvalue weighted by atomic mass is 9.88. The minimum absolute atomic E-state index is 0.0156. The number of ether oxygens (including phenoxy) is 1. The first-order chi connectivity index (χ1) is 19.5. The van der Waals surface area contributed by atoms with Crippen molar-refractivity contribution in [2.45, 2.75) is 149 Å². The lowest BCUT2D eigenvalue weighted by Crippen LogP contribution is -2.46. The first-order valence-electron chi connectivity index (χ1n) is 15.9. The molecule has 228 valence electrons.